The Hall–Kier alpha value is -1.16. The number of hydrogen-bond acceptors (Lipinski definition) is 4. The Bertz CT molecular complexity index is 340. The molecule has 0 aromatic carbocycles. The van der Waals surface area contributed by atoms with Gasteiger partial charge in [0.15, 0.2) is 5.82 Å². The molecule has 4 heteroatoms. The number of hydrogen-bond donors (Lipinski definition) is 1. The van der Waals surface area contributed by atoms with Crippen molar-refractivity contribution < 1.29 is 4.52 Å². The number of aryl methyl sites for hydroxylation is 1. The van der Waals surface area contributed by atoms with Crippen LogP contribution < -0.4 is 5.32 Å². The third kappa shape index (κ3) is 5.07. The second-order valence-electron chi connectivity index (χ2n) is 4.38. The lowest BCUT2D eigenvalue weighted by Gasteiger charge is -2.10. The molecule has 0 radical (unpaired) electrons. The van der Waals surface area contributed by atoms with E-state index in [2.05, 4.69) is 42.3 Å². The predicted octanol–water partition coefficient (Wildman–Crippen LogP) is 2.60. The van der Waals surface area contributed by atoms with Crippen molar-refractivity contribution >= 4 is 0 Å². The summed E-state index contributed by atoms with van der Waals surface area (Å²) in [6.45, 7) is 8.89. The first kappa shape index (κ1) is 12.9. The first-order valence-electron chi connectivity index (χ1n) is 5.74. The zero-order chi connectivity index (χ0) is 12.0. The Morgan fingerprint density at radius 1 is 1.50 bits per heavy atom. The fourth-order valence-electron chi connectivity index (χ4n) is 1.40. The molecule has 0 aliphatic heterocycles. The van der Waals surface area contributed by atoms with Crippen molar-refractivity contribution in [3.63, 3.8) is 0 Å². The molecule has 90 valence electrons. The molecule has 0 aliphatic carbocycles. The molecule has 1 atom stereocenters. The van der Waals surface area contributed by atoms with Crippen LogP contribution in [0.5, 0.6) is 0 Å². The Kier molecular flexibility index (Phi) is 5.19. The molecule has 1 aromatic rings. The van der Waals surface area contributed by atoms with Gasteiger partial charge in [-0.2, -0.15) is 4.98 Å². The van der Waals surface area contributed by atoms with Gasteiger partial charge >= 0.3 is 0 Å². The van der Waals surface area contributed by atoms with Gasteiger partial charge in [0.1, 0.15) is 0 Å². The van der Waals surface area contributed by atoms with E-state index in [0.29, 0.717) is 24.3 Å². The molecule has 1 aromatic heterocycles. The standard InChI is InChI=1S/C12H21N3O/c1-9(2)6-5-7-10(3)13-8-12-14-11(4)15-16-12/h6,10,13H,5,7-8H2,1-4H3. The lowest BCUT2D eigenvalue weighted by molar-refractivity contribution is 0.354. The van der Waals surface area contributed by atoms with Crippen LogP contribution in [-0.2, 0) is 6.54 Å². The minimum absolute atomic E-state index is 0.461. The summed E-state index contributed by atoms with van der Waals surface area (Å²) in [4.78, 5) is 4.14. The van der Waals surface area contributed by atoms with Crippen LogP contribution in [0.25, 0.3) is 0 Å². The van der Waals surface area contributed by atoms with E-state index in [4.69, 9.17) is 4.52 Å². The van der Waals surface area contributed by atoms with E-state index in [1.807, 2.05) is 6.92 Å². The van der Waals surface area contributed by atoms with Crippen molar-refractivity contribution in [2.75, 3.05) is 0 Å². The number of aromatic nitrogens is 2. The normalized spacial score (nSPS) is 12.5. The van der Waals surface area contributed by atoms with Crippen LogP contribution in [0.4, 0.5) is 0 Å². The Morgan fingerprint density at radius 3 is 2.81 bits per heavy atom. The van der Waals surface area contributed by atoms with Crippen molar-refractivity contribution in [1.82, 2.24) is 15.5 Å². The van der Waals surface area contributed by atoms with Crippen LogP contribution in [0.2, 0.25) is 0 Å². The fraction of sp³-hybridized carbons (Fsp3) is 0.667. The van der Waals surface area contributed by atoms with E-state index in [9.17, 15) is 0 Å². The summed E-state index contributed by atoms with van der Waals surface area (Å²) >= 11 is 0. The predicted molar refractivity (Wildman–Crippen MR) is 64.0 cm³/mol. The highest BCUT2D eigenvalue weighted by Crippen LogP contribution is 2.02. The SMILES string of the molecule is CC(C)=CCCC(C)NCc1nc(C)no1. The van der Waals surface area contributed by atoms with Gasteiger partial charge in [-0.3, -0.25) is 0 Å². The largest absolute Gasteiger partial charge is 0.338 e. The van der Waals surface area contributed by atoms with Gasteiger partial charge in [-0.15, -0.1) is 0 Å². The van der Waals surface area contributed by atoms with Crippen LogP contribution in [0.1, 0.15) is 45.3 Å². The summed E-state index contributed by atoms with van der Waals surface area (Å²) in [5.41, 5.74) is 1.37. The summed E-state index contributed by atoms with van der Waals surface area (Å²) in [5, 5.41) is 7.10. The summed E-state index contributed by atoms with van der Waals surface area (Å²) in [7, 11) is 0. The third-order valence-electron chi connectivity index (χ3n) is 2.32. The van der Waals surface area contributed by atoms with Crippen molar-refractivity contribution in [2.24, 2.45) is 0 Å². The topological polar surface area (TPSA) is 51.0 Å². The average molecular weight is 223 g/mol. The zero-order valence-corrected chi connectivity index (χ0v) is 10.6. The Balaban J connectivity index is 2.20. The molecule has 0 fully saturated rings. The maximum Gasteiger partial charge on any atom is 0.240 e. The average Bonchev–Trinajstić information content (AvgIpc) is 2.61. The van der Waals surface area contributed by atoms with Gasteiger partial charge in [0.2, 0.25) is 5.89 Å². The van der Waals surface area contributed by atoms with Gasteiger partial charge in [-0.05, 0) is 40.5 Å². The number of rotatable bonds is 6. The van der Waals surface area contributed by atoms with E-state index in [1.165, 1.54) is 5.57 Å². The summed E-state index contributed by atoms with van der Waals surface area (Å²) in [5.74, 6) is 1.35. The molecule has 1 N–H and O–H groups in total. The molecule has 0 aliphatic rings. The van der Waals surface area contributed by atoms with Gasteiger partial charge < -0.3 is 9.84 Å². The molecule has 1 unspecified atom stereocenters. The highest BCUT2D eigenvalue weighted by molar-refractivity contribution is 4.93. The fourth-order valence-corrected chi connectivity index (χ4v) is 1.40. The molecule has 0 saturated carbocycles. The highest BCUT2D eigenvalue weighted by Gasteiger charge is 2.05. The first-order valence-corrected chi connectivity index (χ1v) is 5.74. The molecule has 1 rings (SSSR count). The summed E-state index contributed by atoms with van der Waals surface area (Å²) < 4.78 is 5.02. The van der Waals surface area contributed by atoms with Crippen LogP contribution in [-0.4, -0.2) is 16.2 Å². The second-order valence-corrected chi connectivity index (χ2v) is 4.38. The molecule has 0 bridgehead atoms. The monoisotopic (exact) mass is 223 g/mol. The van der Waals surface area contributed by atoms with Crippen LogP contribution >= 0.6 is 0 Å². The van der Waals surface area contributed by atoms with Crippen LogP contribution in [0.15, 0.2) is 16.2 Å². The minimum atomic E-state index is 0.461. The molecular weight excluding hydrogens is 202 g/mol. The molecular formula is C12H21N3O. The maximum absolute atomic E-state index is 5.02. The lowest BCUT2D eigenvalue weighted by Crippen LogP contribution is -2.25. The molecule has 4 nitrogen and oxygen atoms in total. The summed E-state index contributed by atoms with van der Waals surface area (Å²) in [6.07, 6.45) is 4.49. The number of nitrogens with zero attached hydrogens (tertiary/aromatic N) is 2. The Labute approximate surface area is 97.1 Å². The Morgan fingerprint density at radius 2 is 2.25 bits per heavy atom. The second kappa shape index (κ2) is 6.43. The van der Waals surface area contributed by atoms with Crippen LogP contribution in [0.3, 0.4) is 0 Å². The quantitative estimate of drug-likeness (QED) is 0.753. The smallest absolute Gasteiger partial charge is 0.240 e. The summed E-state index contributed by atoms with van der Waals surface area (Å²) in [6, 6.07) is 0.461. The van der Waals surface area contributed by atoms with E-state index in [1.54, 1.807) is 0 Å². The van der Waals surface area contributed by atoms with Crippen molar-refractivity contribution in [3.05, 3.63) is 23.4 Å². The van der Waals surface area contributed by atoms with Crippen molar-refractivity contribution in [2.45, 2.75) is 53.1 Å². The molecule has 0 amide bonds. The maximum atomic E-state index is 5.02. The highest BCUT2D eigenvalue weighted by atomic mass is 16.5. The van der Waals surface area contributed by atoms with Crippen molar-refractivity contribution in [3.8, 4) is 0 Å². The van der Waals surface area contributed by atoms with Gasteiger partial charge in [0.05, 0.1) is 6.54 Å². The minimum Gasteiger partial charge on any atom is -0.338 e. The van der Waals surface area contributed by atoms with E-state index >= 15 is 0 Å². The first-order chi connectivity index (χ1) is 7.58. The van der Waals surface area contributed by atoms with E-state index < -0.39 is 0 Å². The van der Waals surface area contributed by atoms with Gasteiger partial charge in [-0.1, -0.05) is 16.8 Å². The zero-order valence-electron chi connectivity index (χ0n) is 10.6. The van der Waals surface area contributed by atoms with Gasteiger partial charge in [0, 0.05) is 6.04 Å². The van der Waals surface area contributed by atoms with E-state index in [-0.39, 0.29) is 0 Å². The molecule has 16 heavy (non-hydrogen) atoms. The lowest BCUT2D eigenvalue weighted by atomic mass is 10.1. The van der Waals surface area contributed by atoms with Crippen LogP contribution in [0, 0.1) is 6.92 Å². The molecule has 0 saturated heterocycles. The van der Waals surface area contributed by atoms with Gasteiger partial charge in [0.25, 0.3) is 0 Å². The van der Waals surface area contributed by atoms with Gasteiger partial charge in [-0.25, -0.2) is 0 Å². The number of nitrogens with one attached hydrogen (secondary N) is 1. The molecule has 1 heterocycles. The third-order valence-corrected chi connectivity index (χ3v) is 2.32. The van der Waals surface area contributed by atoms with E-state index in [0.717, 1.165) is 12.8 Å². The molecule has 0 spiro atoms. The number of allylic oxidation sites excluding steroid dienone is 2. The van der Waals surface area contributed by atoms with Crippen molar-refractivity contribution in [1.29, 1.82) is 0 Å².